The Morgan fingerprint density at radius 1 is 1.21 bits per heavy atom. The van der Waals surface area contributed by atoms with Gasteiger partial charge in [-0.2, -0.15) is 0 Å². The SMILES string of the molecule is CC(C)(N=[N+]=[N-])c1cnc(OC2CC(S(=O)(=O)C3CC3)C2)c2cnc(Cl)cc12. The van der Waals surface area contributed by atoms with Gasteiger partial charge in [-0.1, -0.05) is 30.6 Å². The van der Waals surface area contributed by atoms with Crippen molar-refractivity contribution in [3.63, 3.8) is 0 Å². The summed E-state index contributed by atoms with van der Waals surface area (Å²) in [5.41, 5.74) is 8.74. The number of ether oxygens (including phenoxy) is 1. The number of azide groups is 1. The Labute approximate surface area is 167 Å². The first kappa shape index (κ1) is 19.2. The number of hydrogen-bond donors (Lipinski definition) is 0. The van der Waals surface area contributed by atoms with Crippen LogP contribution in [0.1, 0.15) is 45.1 Å². The van der Waals surface area contributed by atoms with E-state index < -0.39 is 15.4 Å². The van der Waals surface area contributed by atoms with Crippen molar-refractivity contribution in [3.05, 3.63) is 39.6 Å². The van der Waals surface area contributed by atoms with Gasteiger partial charge < -0.3 is 4.74 Å². The van der Waals surface area contributed by atoms with E-state index in [1.165, 1.54) is 0 Å². The first-order valence-electron chi connectivity index (χ1n) is 9.12. The summed E-state index contributed by atoms with van der Waals surface area (Å²) in [5, 5.41) is 5.09. The predicted octanol–water partition coefficient (Wildman–Crippen LogP) is 4.32. The van der Waals surface area contributed by atoms with Crippen LogP contribution in [0, 0.1) is 0 Å². The van der Waals surface area contributed by atoms with Crippen LogP contribution in [-0.2, 0) is 15.4 Å². The first-order valence-corrected chi connectivity index (χ1v) is 11.1. The predicted molar refractivity (Wildman–Crippen MR) is 106 cm³/mol. The Morgan fingerprint density at radius 3 is 2.57 bits per heavy atom. The van der Waals surface area contributed by atoms with Gasteiger partial charge in [-0.05, 0) is 35.4 Å². The Morgan fingerprint density at radius 2 is 1.93 bits per heavy atom. The third-order valence-electron chi connectivity index (χ3n) is 5.44. The van der Waals surface area contributed by atoms with Crippen molar-refractivity contribution in [2.45, 2.75) is 61.7 Å². The average molecular weight is 422 g/mol. The van der Waals surface area contributed by atoms with E-state index in [1.807, 2.05) is 0 Å². The maximum absolute atomic E-state index is 12.3. The lowest BCUT2D eigenvalue weighted by Gasteiger charge is -2.35. The highest BCUT2D eigenvalue weighted by molar-refractivity contribution is 7.93. The highest BCUT2D eigenvalue weighted by Crippen LogP contribution is 2.41. The number of halogens is 1. The third-order valence-corrected chi connectivity index (χ3v) is 8.36. The molecule has 2 fully saturated rings. The summed E-state index contributed by atoms with van der Waals surface area (Å²) in [4.78, 5) is 11.4. The standard InChI is InChI=1S/C18H20ClN5O3S/c1-18(2,23-24-20)15-9-22-17(14-8-21-16(19)7-13(14)15)27-10-5-12(6-10)28(25,26)11-3-4-11/h7-12H,3-6H2,1-2H3. The van der Waals surface area contributed by atoms with Gasteiger partial charge in [-0.3, -0.25) is 0 Å². The molecule has 0 bridgehead atoms. The van der Waals surface area contributed by atoms with Gasteiger partial charge in [0.2, 0.25) is 5.88 Å². The molecule has 0 amide bonds. The topological polar surface area (TPSA) is 118 Å². The average Bonchev–Trinajstić information content (AvgIpc) is 3.42. The summed E-state index contributed by atoms with van der Waals surface area (Å²) in [6, 6.07) is 1.69. The Balaban J connectivity index is 1.62. The van der Waals surface area contributed by atoms with E-state index in [4.69, 9.17) is 21.9 Å². The second-order valence-electron chi connectivity index (χ2n) is 7.90. The molecule has 2 aliphatic carbocycles. The van der Waals surface area contributed by atoms with E-state index in [0.717, 1.165) is 18.2 Å². The lowest BCUT2D eigenvalue weighted by atomic mass is 9.92. The molecule has 2 saturated carbocycles. The molecule has 0 saturated heterocycles. The lowest BCUT2D eigenvalue weighted by Crippen LogP contribution is -2.44. The summed E-state index contributed by atoms with van der Waals surface area (Å²) in [7, 11) is -3.01. The molecule has 10 heteroatoms. The second-order valence-corrected chi connectivity index (χ2v) is 10.8. The summed E-state index contributed by atoms with van der Waals surface area (Å²) in [5.74, 6) is 0.381. The van der Waals surface area contributed by atoms with Crippen LogP contribution in [0.25, 0.3) is 21.2 Å². The zero-order chi connectivity index (χ0) is 20.1. The van der Waals surface area contributed by atoms with Crippen molar-refractivity contribution in [1.29, 1.82) is 0 Å². The van der Waals surface area contributed by atoms with Crippen LogP contribution < -0.4 is 4.74 Å². The van der Waals surface area contributed by atoms with Crippen LogP contribution in [0.3, 0.4) is 0 Å². The van der Waals surface area contributed by atoms with Crippen molar-refractivity contribution in [1.82, 2.24) is 9.97 Å². The molecule has 4 rings (SSSR count). The highest BCUT2D eigenvalue weighted by Gasteiger charge is 2.47. The molecule has 0 radical (unpaired) electrons. The third kappa shape index (κ3) is 3.38. The number of sulfone groups is 1. The fraction of sp³-hybridized carbons (Fsp3) is 0.556. The number of aromatic nitrogens is 2. The molecule has 0 spiro atoms. The molecule has 0 atom stereocenters. The monoisotopic (exact) mass is 421 g/mol. The van der Waals surface area contributed by atoms with E-state index in [-0.39, 0.29) is 16.6 Å². The summed E-state index contributed by atoms with van der Waals surface area (Å²) < 4.78 is 30.6. The molecule has 2 heterocycles. The molecule has 148 valence electrons. The van der Waals surface area contributed by atoms with Gasteiger partial charge in [-0.15, -0.1) is 0 Å². The van der Waals surface area contributed by atoms with E-state index in [1.54, 1.807) is 32.3 Å². The first-order chi connectivity index (χ1) is 13.2. The minimum Gasteiger partial charge on any atom is -0.474 e. The van der Waals surface area contributed by atoms with E-state index >= 15 is 0 Å². The number of fused-ring (bicyclic) bond motifs is 1. The van der Waals surface area contributed by atoms with Gasteiger partial charge in [0.25, 0.3) is 0 Å². The van der Waals surface area contributed by atoms with Gasteiger partial charge in [0.15, 0.2) is 9.84 Å². The summed E-state index contributed by atoms with van der Waals surface area (Å²) in [6.07, 6.45) is 5.52. The van der Waals surface area contributed by atoms with Crippen LogP contribution in [0.2, 0.25) is 5.15 Å². The minimum absolute atomic E-state index is 0.147. The molecular formula is C18H20ClN5O3S. The van der Waals surface area contributed by atoms with Crippen molar-refractivity contribution >= 4 is 32.2 Å². The number of nitrogens with zero attached hydrogens (tertiary/aromatic N) is 5. The zero-order valence-electron chi connectivity index (χ0n) is 15.5. The number of hydrogen-bond acceptors (Lipinski definition) is 6. The van der Waals surface area contributed by atoms with E-state index in [2.05, 4.69) is 20.0 Å². The van der Waals surface area contributed by atoms with Gasteiger partial charge in [0.05, 0.1) is 21.4 Å². The molecule has 28 heavy (non-hydrogen) atoms. The quantitative estimate of drug-likeness (QED) is 0.298. The molecule has 2 aromatic rings. The van der Waals surface area contributed by atoms with Gasteiger partial charge in [0, 0.05) is 30.1 Å². The molecule has 8 nitrogen and oxygen atoms in total. The van der Waals surface area contributed by atoms with Gasteiger partial charge >= 0.3 is 0 Å². The van der Waals surface area contributed by atoms with Crippen LogP contribution in [0.15, 0.2) is 23.6 Å². The van der Waals surface area contributed by atoms with Gasteiger partial charge in [0.1, 0.15) is 11.3 Å². The largest absolute Gasteiger partial charge is 0.474 e. The summed E-state index contributed by atoms with van der Waals surface area (Å²) in [6.45, 7) is 3.58. The minimum atomic E-state index is -3.01. The maximum atomic E-state index is 12.3. The molecule has 2 aromatic heterocycles. The van der Waals surface area contributed by atoms with E-state index in [0.29, 0.717) is 34.8 Å². The van der Waals surface area contributed by atoms with Gasteiger partial charge in [-0.25, -0.2) is 18.4 Å². The Bertz CT molecular complexity index is 1090. The maximum Gasteiger partial charge on any atom is 0.223 e. The van der Waals surface area contributed by atoms with Crippen LogP contribution >= 0.6 is 11.6 Å². The zero-order valence-corrected chi connectivity index (χ0v) is 17.1. The number of rotatable bonds is 6. The van der Waals surface area contributed by atoms with Crippen LogP contribution in [-0.4, -0.2) is 35.0 Å². The fourth-order valence-corrected chi connectivity index (χ4v) is 6.00. The smallest absolute Gasteiger partial charge is 0.223 e. The highest BCUT2D eigenvalue weighted by atomic mass is 35.5. The van der Waals surface area contributed by atoms with Crippen molar-refractivity contribution < 1.29 is 13.2 Å². The molecular weight excluding hydrogens is 402 g/mol. The Kier molecular flexibility index (Phi) is 4.64. The Hall–Kier alpha value is -2.09. The lowest BCUT2D eigenvalue weighted by molar-refractivity contribution is 0.119. The molecule has 0 N–H and O–H groups in total. The number of pyridine rings is 2. The van der Waals surface area contributed by atoms with Crippen molar-refractivity contribution in [3.8, 4) is 5.88 Å². The van der Waals surface area contributed by atoms with Crippen molar-refractivity contribution in [2.75, 3.05) is 0 Å². The molecule has 0 aromatic carbocycles. The normalized spacial score (nSPS) is 22.4. The van der Waals surface area contributed by atoms with Crippen molar-refractivity contribution in [2.24, 2.45) is 5.11 Å². The second kappa shape index (κ2) is 6.76. The van der Waals surface area contributed by atoms with Crippen LogP contribution in [0.5, 0.6) is 5.88 Å². The molecule has 0 unspecified atom stereocenters. The summed E-state index contributed by atoms with van der Waals surface area (Å²) >= 11 is 6.08. The fourth-order valence-electron chi connectivity index (χ4n) is 3.54. The molecule has 2 aliphatic rings. The molecule has 0 aliphatic heterocycles. The van der Waals surface area contributed by atoms with E-state index in [9.17, 15) is 8.42 Å². The van der Waals surface area contributed by atoms with Crippen LogP contribution in [0.4, 0.5) is 0 Å².